The lowest BCUT2D eigenvalue weighted by atomic mass is 10.0. The predicted octanol–water partition coefficient (Wildman–Crippen LogP) is 4.82. The van der Waals surface area contributed by atoms with Crippen molar-refractivity contribution in [3.63, 3.8) is 0 Å². The number of amides is 2. The van der Waals surface area contributed by atoms with Crippen LogP contribution in [0.4, 0.5) is 10.2 Å². The molecule has 1 saturated heterocycles. The minimum Gasteiger partial charge on any atom is -0.383 e. The normalized spacial score (nSPS) is 15.1. The lowest BCUT2D eigenvalue weighted by Gasteiger charge is -2.18. The Morgan fingerprint density at radius 1 is 1.03 bits per heavy atom. The molecule has 0 aliphatic carbocycles. The van der Waals surface area contributed by atoms with Crippen molar-refractivity contribution in [1.82, 2.24) is 25.0 Å². The fourth-order valence-corrected chi connectivity index (χ4v) is 4.91. The summed E-state index contributed by atoms with van der Waals surface area (Å²) in [4.78, 5) is 32.0. The van der Waals surface area contributed by atoms with Crippen molar-refractivity contribution in [3.8, 4) is 22.3 Å². The Labute approximate surface area is 228 Å². The molecule has 5 rings (SSSR count). The van der Waals surface area contributed by atoms with E-state index in [9.17, 15) is 14.0 Å². The Balaban J connectivity index is 1.23. The molecule has 11 heteroatoms. The molecule has 3 heterocycles. The lowest BCUT2D eigenvalue weighted by molar-refractivity contribution is 0.0783. The summed E-state index contributed by atoms with van der Waals surface area (Å²) in [6, 6.07) is 11.4. The number of hydrogen-bond donors (Lipinski definition) is 2. The van der Waals surface area contributed by atoms with Crippen LogP contribution >= 0.6 is 23.2 Å². The molecule has 8 nitrogen and oxygen atoms in total. The summed E-state index contributed by atoms with van der Waals surface area (Å²) in [5.74, 6) is -1.03. The number of aromatic nitrogens is 3. The number of carbonyl (C=O) groups excluding carboxylic acids is 2. The van der Waals surface area contributed by atoms with Crippen LogP contribution in [0.15, 0.2) is 61.1 Å². The second-order valence-corrected chi connectivity index (χ2v) is 9.92. The summed E-state index contributed by atoms with van der Waals surface area (Å²) >= 11 is 11.8. The quantitative estimate of drug-likeness (QED) is 0.345. The maximum atomic E-state index is 13.7. The number of anilines is 1. The molecule has 1 fully saturated rings. The summed E-state index contributed by atoms with van der Waals surface area (Å²) in [6.45, 7) is 0.864. The molecule has 0 unspecified atom stereocenters. The van der Waals surface area contributed by atoms with E-state index in [1.54, 1.807) is 59.4 Å². The third kappa shape index (κ3) is 5.20. The molecule has 0 radical (unpaired) electrons. The largest absolute Gasteiger partial charge is 0.383 e. The van der Waals surface area contributed by atoms with Crippen LogP contribution < -0.4 is 11.1 Å². The standard InChI is InChI=1S/C27H23Cl2FN6O2/c1-35-13-19(12-33-35)18-8-21(25(31)32-11-18)26(37)34-20-6-7-36(14-20)27(38)16-4-2-15(3-5-16)17-9-22(28)24(30)23(29)10-17/h2-5,8-13,20H,6-7,14H2,1H3,(H2,31,32)(H,34,37)/t20-/m1/s1. The molecule has 0 saturated carbocycles. The molecule has 2 amide bonds. The van der Waals surface area contributed by atoms with Gasteiger partial charge in [0.05, 0.1) is 21.8 Å². The monoisotopic (exact) mass is 552 g/mol. The van der Waals surface area contributed by atoms with E-state index in [1.165, 1.54) is 12.1 Å². The molecule has 1 aliphatic rings. The fourth-order valence-electron chi connectivity index (χ4n) is 4.42. The second-order valence-electron chi connectivity index (χ2n) is 9.10. The Kier molecular flexibility index (Phi) is 7.05. The first-order chi connectivity index (χ1) is 18.2. The van der Waals surface area contributed by atoms with Gasteiger partial charge in [0.2, 0.25) is 0 Å². The number of likely N-dealkylation sites (tertiary alicyclic amines) is 1. The van der Waals surface area contributed by atoms with Gasteiger partial charge < -0.3 is 16.0 Å². The van der Waals surface area contributed by atoms with Crippen LogP contribution in [0, 0.1) is 5.82 Å². The van der Waals surface area contributed by atoms with E-state index in [-0.39, 0.29) is 39.3 Å². The number of rotatable bonds is 5. The molecule has 194 valence electrons. The third-order valence-electron chi connectivity index (χ3n) is 6.46. The van der Waals surface area contributed by atoms with Crippen molar-refractivity contribution in [2.75, 3.05) is 18.8 Å². The van der Waals surface area contributed by atoms with Gasteiger partial charge in [0.1, 0.15) is 5.82 Å². The molecular weight excluding hydrogens is 530 g/mol. The zero-order valence-electron chi connectivity index (χ0n) is 20.3. The number of nitrogens with zero attached hydrogens (tertiary/aromatic N) is 4. The van der Waals surface area contributed by atoms with Gasteiger partial charge in [-0.05, 0) is 47.9 Å². The van der Waals surface area contributed by atoms with Crippen molar-refractivity contribution >= 4 is 40.8 Å². The minimum atomic E-state index is -0.667. The Hall–Kier alpha value is -3.95. The molecule has 0 spiro atoms. The maximum absolute atomic E-state index is 13.7. The lowest BCUT2D eigenvalue weighted by Crippen LogP contribution is -2.38. The summed E-state index contributed by atoms with van der Waals surface area (Å²) < 4.78 is 15.4. The highest BCUT2D eigenvalue weighted by Gasteiger charge is 2.29. The number of nitrogens with one attached hydrogen (secondary N) is 1. The third-order valence-corrected chi connectivity index (χ3v) is 7.01. The average molecular weight is 553 g/mol. The van der Waals surface area contributed by atoms with Crippen LogP contribution in [0.3, 0.4) is 0 Å². The molecule has 1 aliphatic heterocycles. The van der Waals surface area contributed by atoms with Crippen molar-refractivity contribution in [3.05, 3.63) is 88.0 Å². The van der Waals surface area contributed by atoms with Crippen LogP contribution in [-0.2, 0) is 7.05 Å². The van der Waals surface area contributed by atoms with Gasteiger partial charge in [0.15, 0.2) is 5.82 Å². The number of benzene rings is 2. The van der Waals surface area contributed by atoms with Crippen LogP contribution in [0.2, 0.25) is 10.0 Å². The predicted molar refractivity (Wildman–Crippen MR) is 144 cm³/mol. The summed E-state index contributed by atoms with van der Waals surface area (Å²) in [7, 11) is 1.81. The zero-order valence-corrected chi connectivity index (χ0v) is 21.8. The van der Waals surface area contributed by atoms with Gasteiger partial charge in [0.25, 0.3) is 11.8 Å². The van der Waals surface area contributed by atoms with Gasteiger partial charge in [-0.2, -0.15) is 5.10 Å². The Bertz CT molecular complexity index is 1520. The number of nitrogens with two attached hydrogens (primary N) is 1. The van der Waals surface area contributed by atoms with Crippen molar-refractivity contribution < 1.29 is 14.0 Å². The smallest absolute Gasteiger partial charge is 0.255 e. The second kappa shape index (κ2) is 10.4. The van der Waals surface area contributed by atoms with E-state index in [1.807, 2.05) is 6.20 Å². The number of nitrogen functional groups attached to an aromatic ring is 1. The number of aryl methyl sites for hydroxylation is 1. The molecule has 4 aromatic rings. The first-order valence-electron chi connectivity index (χ1n) is 11.8. The van der Waals surface area contributed by atoms with Gasteiger partial charge in [-0.15, -0.1) is 0 Å². The van der Waals surface area contributed by atoms with Gasteiger partial charge >= 0.3 is 0 Å². The number of pyridine rings is 1. The van der Waals surface area contributed by atoms with Crippen LogP contribution in [0.25, 0.3) is 22.3 Å². The van der Waals surface area contributed by atoms with E-state index in [0.29, 0.717) is 30.6 Å². The highest BCUT2D eigenvalue weighted by Crippen LogP contribution is 2.31. The first-order valence-corrected chi connectivity index (χ1v) is 12.5. The van der Waals surface area contributed by atoms with E-state index in [4.69, 9.17) is 28.9 Å². The van der Waals surface area contributed by atoms with Crippen molar-refractivity contribution in [2.45, 2.75) is 12.5 Å². The SMILES string of the molecule is Cn1cc(-c2cnc(N)c(C(=O)N[C@@H]3CCN(C(=O)c4ccc(-c5cc(Cl)c(F)c(Cl)c5)cc4)C3)c2)cn1. The van der Waals surface area contributed by atoms with E-state index in [2.05, 4.69) is 15.4 Å². The number of carbonyl (C=O) groups is 2. The van der Waals surface area contributed by atoms with E-state index >= 15 is 0 Å². The van der Waals surface area contributed by atoms with E-state index < -0.39 is 5.82 Å². The zero-order chi connectivity index (χ0) is 27.0. The van der Waals surface area contributed by atoms with Gasteiger partial charge in [0, 0.05) is 55.3 Å². The molecule has 3 N–H and O–H groups in total. The molecular formula is C27H23Cl2FN6O2. The number of halogens is 3. The van der Waals surface area contributed by atoms with Crippen molar-refractivity contribution in [2.24, 2.45) is 7.05 Å². The van der Waals surface area contributed by atoms with Crippen LogP contribution in [0.5, 0.6) is 0 Å². The highest BCUT2D eigenvalue weighted by atomic mass is 35.5. The summed E-state index contributed by atoms with van der Waals surface area (Å²) in [5, 5.41) is 6.98. The maximum Gasteiger partial charge on any atom is 0.255 e. The summed E-state index contributed by atoms with van der Waals surface area (Å²) in [6.07, 6.45) is 5.72. The van der Waals surface area contributed by atoms with Crippen LogP contribution in [0.1, 0.15) is 27.1 Å². The van der Waals surface area contributed by atoms with Crippen LogP contribution in [-0.4, -0.2) is 50.6 Å². The Morgan fingerprint density at radius 3 is 2.39 bits per heavy atom. The van der Waals surface area contributed by atoms with Gasteiger partial charge in [-0.3, -0.25) is 14.3 Å². The van der Waals surface area contributed by atoms with Gasteiger partial charge in [-0.25, -0.2) is 9.37 Å². The topological polar surface area (TPSA) is 106 Å². The average Bonchev–Trinajstić information content (AvgIpc) is 3.56. The van der Waals surface area contributed by atoms with Gasteiger partial charge in [-0.1, -0.05) is 35.3 Å². The molecule has 0 bridgehead atoms. The molecule has 1 atom stereocenters. The minimum absolute atomic E-state index is 0.0702. The fraction of sp³-hybridized carbons (Fsp3) is 0.185. The van der Waals surface area contributed by atoms with Crippen molar-refractivity contribution in [1.29, 1.82) is 0 Å². The Morgan fingerprint density at radius 2 is 1.74 bits per heavy atom. The highest BCUT2D eigenvalue weighted by molar-refractivity contribution is 6.35. The molecule has 38 heavy (non-hydrogen) atoms. The molecule has 2 aromatic heterocycles. The number of hydrogen-bond acceptors (Lipinski definition) is 5. The summed E-state index contributed by atoms with van der Waals surface area (Å²) in [5.41, 5.74) is 9.70. The van der Waals surface area contributed by atoms with E-state index in [0.717, 1.165) is 16.7 Å². The first kappa shape index (κ1) is 25.7. The molecule has 2 aromatic carbocycles.